The van der Waals surface area contributed by atoms with Crippen molar-refractivity contribution >= 4 is 17.5 Å². The Balaban J connectivity index is 1.36. The van der Waals surface area contributed by atoms with Crippen LogP contribution in [0.3, 0.4) is 0 Å². The maximum atomic E-state index is 13.0. The monoisotopic (exact) mass is 456 g/mol. The number of hydrogen-bond donors (Lipinski definition) is 0. The highest BCUT2D eigenvalue weighted by molar-refractivity contribution is 6.32. The molecule has 0 radical (unpaired) electrons. The molecule has 1 fully saturated rings. The third kappa shape index (κ3) is 4.71. The predicted molar refractivity (Wildman–Crippen MR) is 120 cm³/mol. The van der Waals surface area contributed by atoms with Crippen LogP contribution >= 0.6 is 11.6 Å². The van der Waals surface area contributed by atoms with Crippen LogP contribution in [0, 0.1) is 6.92 Å². The number of rotatable bonds is 6. The highest BCUT2D eigenvalue weighted by Crippen LogP contribution is 2.36. The minimum absolute atomic E-state index is 0.0908. The number of aromatic nitrogens is 2. The van der Waals surface area contributed by atoms with Crippen molar-refractivity contribution < 1.29 is 18.8 Å². The van der Waals surface area contributed by atoms with Gasteiger partial charge in [0.2, 0.25) is 11.7 Å². The zero-order chi connectivity index (χ0) is 22.7. The molecule has 3 aromatic rings. The topological polar surface area (TPSA) is 80.9 Å². The number of aryl methyl sites for hydroxylation is 1. The standard InChI is InChI=1S/C23H25ClN4O4/c1-15-4-6-16(7-5-15)22-25-20(32-26-22)14-27-8-10-28(11-9-27)23(29)17-12-18(24)21(31-3)19(13-17)30-2/h4-7,12-13H,8-11,14H2,1-3H3. The molecule has 1 saturated heterocycles. The number of methoxy groups -OCH3 is 2. The molecule has 1 aliphatic heterocycles. The molecule has 0 unspecified atom stereocenters. The Kier molecular flexibility index (Phi) is 6.62. The Morgan fingerprint density at radius 1 is 1.09 bits per heavy atom. The molecule has 1 aliphatic rings. The van der Waals surface area contributed by atoms with E-state index in [9.17, 15) is 4.79 Å². The van der Waals surface area contributed by atoms with E-state index in [0.717, 1.165) is 5.56 Å². The molecule has 9 heteroatoms. The number of amides is 1. The van der Waals surface area contributed by atoms with E-state index < -0.39 is 0 Å². The molecule has 0 saturated carbocycles. The molecule has 168 valence electrons. The van der Waals surface area contributed by atoms with Crippen molar-refractivity contribution in [2.45, 2.75) is 13.5 Å². The predicted octanol–water partition coefficient (Wildman–Crippen LogP) is 3.67. The summed E-state index contributed by atoms with van der Waals surface area (Å²) in [5.41, 5.74) is 2.58. The van der Waals surface area contributed by atoms with Gasteiger partial charge >= 0.3 is 0 Å². The Hall–Kier alpha value is -3.10. The number of halogens is 1. The molecular weight excluding hydrogens is 432 g/mol. The minimum atomic E-state index is -0.0908. The molecule has 1 aromatic heterocycles. The van der Waals surface area contributed by atoms with Crippen LogP contribution in [0.15, 0.2) is 40.9 Å². The van der Waals surface area contributed by atoms with Crippen LogP contribution in [-0.2, 0) is 6.54 Å². The summed E-state index contributed by atoms with van der Waals surface area (Å²) in [7, 11) is 3.03. The van der Waals surface area contributed by atoms with Crippen LogP contribution in [-0.4, -0.2) is 66.2 Å². The highest BCUT2D eigenvalue weighted by atomic mass is 35.5. The van der Waals surface area contributed by atoms with Crippen molar-refractivity contribution in [3.63, 3.8) is 0 Å². The van der Waals surface area contributed by atoms with Gasteiger partial charge in [-0.3, -0.25) is 9.69 Å². The van der Waals surface area contributed by atoms with Crippen molar-refractivity contribution in [2.24, 2.45) is 0 Å². The molecule has 0 bridgehead atoms. The van der Waals surface area contributed by atoms with Crippen molar-refractivity contribution in [1.82, 2.24) is 19.9 Å². The average Bonchev–Trinajstić information content (AvgIpc) is 3.27. The lowest BCUT2D eigenvalue weighted by Gasteiger charge is -2.34. The van der Waals surface area contributed by atoms with Crippen molar-refractivity contribution in [3.8, 4) is 22.9 Å². The van der Waals surface area contributed by atoms with Gasteiger partial charge in [-0.25, -0.2) is 0 Å². The minimum Gasteiger partial charge on any atom is -0.493 e. The number of hydrogen-bond acceptors (Lipinski definition) is 7. The largest absolute Gasteiger partial charge is 0.493 e. The molecule has 0 N–H and O–H groups in total. The van der Waals surface area contributed by atoms with Gasteiger partial charge in [-0.2, -0.15) is 4.98 Å². The maximum Gasteiger partial charge on any atom is 0.254 e. The van der Waals surface area contributed by atoms with Crippen LogP contribution in [0.2, 0.25) is 5.02 Å². The van der Waals surface area contributed by atoms with Gasteiger partial charge < -0.3 is 18.9 Å². The second-order valence-corrected chi connectivity index (χ2v) is 8.05. The molecule has 32 heavy (non-hydrogen) atoms. The molecule has 1 amide bonds. The Labute approximate surface area is 191 Å². The SMILES string of the molecule is COc1cc(C(=O)N2CCN(Cc3nc(-c4ccc(C)cc4)no3)CC2)cc(Cl)c1OC. The molecule has 0 aliphatic carbocycles. The van der Waals surface area contributed by atoms with Crippen LogP contribution in [0.4, 0.5) is 0 Å². The first-order valence-electron chi connectivity index (χ1n) is 10.3. The van der Waals surface area contributed by atoms with E-state index in [-0.39, 0.29) is 5.91 Å². The lowest BCUT2D eigenvalue weighted by atomic mass is 10.1. The lowest BCUT2D eigenvalue weighted by Crippen LogP contribution is -2.48. The van der Waals surface area contributed by atoms with Gasteiger partial charge in [0.25, 0.3) is 5.91 Å². The third-order valence-corrected chi connectivity index (χ3v) is 5.76. The van der Waals surface area contributed by atoms with Crippen LogP contribution in [0.5, 0.6) is 11.5 Å². The van der Waals surface area contributed by atoms with Crippen molar-refractivity contribution in [3.05, 3.63) is 58.4 Å². The van der Waals surface area contributed by atoms with E-state index in [1.807, 2.05) is 31.2 Å². The van der Waals surface area contributed by atoms with Crippen LogP contribution in [0.1, 0.15) is 21.8 Å². The van der Waals surface area contributed by atoms with E-state index >= 15 is 0 Å². The number of nitrogens with zero attached hydrogens (tertiary/aromatic N) is 4. The quantitative estimate of drug-likeness (QED) is 0.559. The molecule has 2 aromatic carbocycles. The number of ether oxygens (including phenoxy) is 2. The van der Waals surface area contributed by atoms with Gasteiger partial charge in [-0.1, -0.05) is 46.6 Å². The lowest BCUT2D eigenvalue weighted by molar-refractivity contribution is 0.0614. The van der Waals surface area contributed by atoms with Gasteiger partial charge in [0.05, 0.1) is 25.8 Å². The highest BCUT2D eigenvalue weighted by Gasteiger charge is 2.25. The van der Waals surface area contributed by atoms with Crippen LogP contribution in [0.25, 0.3) is 11.4 Å². The first kappa shape index (κ1) is 22.1. The normalized spacial score (nSPS) is 14.4. The summed E-state index contributed by atoms with van der Waals surface area (Å²) in [4.78, 5) is 21.5. The fraction of sp³-hybridized carbons (Fsp3) is 0.348. The molecule has 0 spiro atoms. The Morgan fingerprint density at radius 3 is 2.47 bits per heavy atom. The number of carbonyl (C=O) groups is 1. The second-order valence-electron chi connectivity index (χ2n) is 7.64. The van der Waals surface area contributed by atoms with Crippen molar-refractivity contribution in [2.75, 3.05) is 40.4 Å². The van der Waals surface area contributed by atoms with E-state index in [4.69, 9.17) is 25.6 Å². The smallest absolute Gasteiger partial charge is 0.254 e. The number of benzene rings is 2. The van der Waals surface area contributed by atoms with Gasteiger partial charge in [-0.05, 0) is 19.1 Å². The number of carbonyl (C=O) groups excluding carboxylic acids is 1. The summed E-state index contributed by atoms with van der Waals surface area (Å²) in [6, 6.07) is 11.3. The molecule has 4 rings (SSSR count). The summed E-state index contributed by atoms with van der Waals surface area (Å²) in [5.74, 6) is 1.90. The van der Waals surface area contributed by atoms with E-state index in [0.29, 0.717) is 66.5 Å². The van der Waals surface area contributed by atoms with E-state index in [1.165, 1.54) is 19.8 Å². The zero-order valence-electron chi connectivity index (χ0n) is 18.3. The van der Waals surface area contributed by atoms with E-state index in [1.54, 1.807) is 17.0 Å². The molecule has 2 heterocycles. The first-order valence-corrected chi connectivity index (χ1v) is 10.7. The summed E-state index contributed by atoms with van der Waals surface area (Å²) >= 11 is 6.26. The summed E-state index contributed by atoms with van der Waals surface area (Å²) in [5, 5.41) is 4.43. The fourth-order valence-electron chi connectivity index (χ4n) is 3.66. The fourth-order valence-corrected chi connectivity index (χ4v) is 3.95. The summed E-state index contributed by atoms with van der Waals surface area (Å²) in [6.07, 6.45) is 0. The summed E-state index contributed by atoms with van der Waals surface area (Å²) < 4.78 is 16.0. The average molecular weight is 457 g/mol. The Bertz CT molecular complexity index is 1090. The van der Waals surface area contributed by atoms with Crippen molar-refractivity contribution in [1.29, 1.82) is 0 Å². The first-order chi connectivity index (χ1) is 15.5. The maximum absolute atomic E-state index is 13.0. The molecular formula is C23H25ClN4O4. The van der Waals surface area contributed by atoms with Crippen LogP contribution < -0.4 is 9.47 Å². The van der Waals surface area contributed by atoms with E-state index in [2.05, 4.69) is 15.0 Å². The summed E-state index contributed by atoms with van der Waals surface area (Å²) in [6.45, 7) is 5.16. The van der Waals surface area contributed by atoms with Gasteiger partial charge in [0.15, 0.2) is 11.5 Å². The van der Waals surface area contributed by atoms with Gasteiger partial charge in [-0.15, -0.1) is 0 Å². The molecule has 8 nitrogen and oxygen atoms in total. The Morgan fingerprint density at radius 2 is 1.81 bits per heavy atom. The van der Waals surface area contributed by atoms with Gasteiger partial charge in [0.1, 0.15) is 0 Å². The molecule has 0 atom stereocenters. The number of piperazine rings is 1. The zero-order valence-corrected chi connectivity index (χ0v) is 19.1. The second kappa shape index (κ2) is 9.58. The van der Waals surface area contributed by atoms with Gasteiger partial charge in [0, 0.05) is 37.3 Å². The third-order valence-electron chi connectivity index (χ3n) is 5.48.